The van der Waals surface area contributed by atoms with Gasteiger partial charge in [-0.3, -0.25) is 0 Å². The number of nitrogens with one attached hydrogen (secondary N) is 1. The van der Waals surface area contributed by atoms with E-state index >= 15 is 0 Å². The summed E-state index contributed by atoms with van der Waals surface area (Å²) >= 11 is 1.59. The van der Waals surface area contributed by atoms with E-state index in [9.17, 15) is 5.11 Å². The van der Waals surface area contributed by atoms with Crippen molar-refractivity contribution < 1.29 is 9.84 Å². The molecule has 2 aromatic rings. The number of terminal acetylenes is 1. The predicted octanol–water partition coefficient (Wildman–Crippen LogP) is 3.32. The van der Waals surface area contributed by atoms with Gasteiger partial charge in [0.2, 0.25) is 0 Å². The number of thiophene rings is 1. The molecule has 2 N–H and O–H groups in total. The highest BCUT2D eigenvalue weighted by atomic mass is 32.1. The van der Waals surface area contributed by atoms with Crippen LogP contribution in [0.1, 0.15) is 31.0 Å². The third-order valence-corrected chi connectivity index (χ3v) is 4.28. The van der Waals surface area contributed by atoms with Crippen molar-refractivity contribution in [3.63, 3.8) is 0 Å². The Hall–Kier alpha value is -1.80. The molecule has 2 unspecified atom stereocenters. The lowest BCUT2D eigenvalue weighted by molar-refractivity contribution is 0.0548. The molecular weight excluding hydrogens is 294 g/mol. The second-order valence-corrected chi connectivity index (χ2v) is 6.23. The molecule has 0 aliphatic rings. The van der Waals surface area contributed by atoms with Crippen molar-refractivity contribution in [2.45, 2.75) is 25.5 Å². The van der Waals surface area contributed by atoms with Gasteiger partial charge in [0.25, 0.3) is 0 Å². The molecule has 0 bridgehead atoms. The highest BCUT2D eigenvalue weighted by molar-refractivity contribution is 7.08. The quantitative estimate of drug-likeness (QED) is 0.770. The largest absolute Gasteiger partial charge is 0.481 e. The first kappa shape index (κ1) is 16.6. The molecule has 1 aromatic carbocycles. The van der Waals surface area contributed by atoms with E-state index in [1.54, 1.807) is 11.3 Å². The molecule has 0 saturated heterocycles. The SMILES string of the molecule is C#CCOc1ccc(C(C)NCC(C)(O)c2ccsc2)cc1. The zero-order valence-corrected chi connectivity index (χ0v) is 13.7. The lowest BCUT2D eigenvalue weighted by atomic mass is 9.98. The van der Waals surface area contributed by atoms with Gasteiger partial charge >= 0.3 is 0 Å². The summed E-state index contributed by atoms with van der Waals surface area (Å²) in [5, 5.41) is 17.8. The van der Waals surface area contributed by atoms with Crippen LogP contribution >= 0.6 is 11.3 Å². The zero-order valence-electron chi connectivity index (χ0n) is 12.9. The molecule has 22 heavy (non-hydrogen) atoms. The highest BCUT2D eigenvalue weighted by Gasteiger charge is 2.24. The molecular formula is C18H21NO2S. The standard InChI is InChI=1S/C18H21NO2S/c1-4-10-21-17-7-5-15(6-8-17)14(2)19-13-18(3,20)16-9-11-22-12-16/h1,5-9,11-12,14,19-20H,10,13H2,2-3H3. The number of rotatable bonds is 7. The minimum absolute atomic E-state index is 0.131. The Bertz CT molecular complexity index is 612. The molecule has 0 aliphatic heterocycles. The van der Waals surface area contributed by atoms with Crippen molar-refractivity contribution >= 4 is 11.3 Å². The minimum atomic E-state index is -0.871. The van der Waals surface area contributed by atoms with Crippen LogP contribution in [-0.4, -0.2) is 18.3 Å². The van der Waals surface area contributed by atoms with E-state index < -0.39 is 5.60 Å². The third-order valence-electron chi connectivity index (χ3n) is 3.60. The molecule has 3 nitrogen and oxygen atoms in total. The molecule has 1 aromatic heterocycles. The first-order valence-corrected chi connectivity index (χ1v) is 8.12. The van der Waals surface area contributed by atoms with Crippen LogP contribution in [0.5, 0.6) is 5.75 Å². The normalized spacial score (nSPS) is 14.8. The Balaban J connectivity index is 1.92. The smallest absolute Gasteiger partial charge is 0.148 e. The summed E-state index contributed by atoms with van der Waals surface area (Å²) in [6.07, 6.45) is 5.17. The first-order chi connectivity index (χ1) is 10.5. The fraction of sp³-hybridized carbons (Fsp3) is 0.333. The third kappa shape index (κ3) is 4.35. The topological polar surface area (TPSA) is 41.5 Å². The molecule has 116 valence electrons. The van der Waals surface area contributed by atoms with Gasteiger partial charge in [0.15, 0.2) is 0 Å². The molecule has 4 heteroatoms. The fourth-order valence-electron chi connectivity index (χ4n) is 2.12. The zero-order chi connectivity index (χ0) is 16.0. The number of hydrogen-bond acceptors (Lipinski definition) is 4. The van der Waals surface area contributed by atoms with Gasteiger partial charge in [0.1, 0.15) is 18.0 Å². The summed E-state index contributed by atoms with van der Waals surface area (Å²) < 4.78 is 5.36. The molecule has 0 spiro atoms. The number of aliphatic hydroxyl groups is 1. The lowest BCUT2D eigenvalue weighted by Crippen LogP contribution is -2.36. The van der Waals surface area contributed by atoms with Crippen molar-refractivity contribution in [1.82, 2.24) is 5.32 Å². The van der Waals surface area contributed by atoms with E-state index in [4.69, 9.17) is 11.2 Å². The van der Waals surface area contributed by atoms with E-state index in [0.29, 0.717) is 6.54 Å². The number of benzene rings is 1. The van der Waals surface area contributed by atoms with Crippen molar-refractivity contribution in [1.29, 1.82) is 0 Å². The molecule has 1 heterocycles. The maximum Gasteiger partial charge on any atom is 0.148 e. The molecule has 0 amide bonds. The first-order valence-electron chi connectivity index (χ1n) is 7.17. The second kappa shape index (κ2) is 7.46. The molecule has 0 saturated carbocycles. The Labute approximate surface area is 136 Å². The Morgan fingerprint density at radius 2 is 2.09 bits per heavy atom. The Kier molecular flexibility index (Phi) is 5.62. The highest BCUT2D eigenvalue weighted by Crippen LogP contribution is 2.24. The van der Waals surface area contributed by atoms with Crippen molar-refractivity contribution in [2.24, 2.45) is 0 Å². The second-order valence-electron chi connectivity index (χ2n) is 5.45. The van der Waals surface area contributed by atoms with Crippen LogP contribution in [-0.2, 0) is 5.60 Å². The minimum Gasteiger partial charge on any atom is -0.481 e. The van der Waals surface area contributed by atoms with Gasteiger partial charge in [-0.1, -0.05) is 18.1 Å². The van der Waals surface area contributed by atoms with Gasteiger partial charge in [-0.05, 0) is 53.9 Å². The van der Waals surface area contributed by atoms with Gasteiger partial charge in [-0.25, -0.2) is 0 Å². The van der Waals surface area contributed by atoms with E-state index in [2.05, 4.69) is 18.2 Å². The maximum absolute atomic E-state index is 10.5. The van der Waals surface area contributed by atoms with Crippen molar-refractivity contribution in [2.75, 3.05) is 13.2 Å². The molecule has 2 atom stereocenters. The molecule has 2 rings (SSSR count). The monoisotopic (exact) mass is 315 g/mol. The summed E-state index contributed by atoms with van der Waals surface area (Å²) in [5.41, 5.74) is 1.20. The van der Waals surface area contributed by atoms with E-state index in [0.717, 1.165) is 16.9 Å². The average molecular weight is 315 g/mol. The summed E-state index contributed by atoms with van der Waals surface area (Å²) in [6, 6.07) is 9.90. The van der Waals surface area contributed by atoms with Gasteiger partial charge in [-0.15, -0.1) is 6.42 Å². The van der Waals surface area contributed by atoms with E-state index in [-0.39, 0.29) is 12.6 Å². The van der Waals surface area contributed by atoms with Crippen LogP contribution in [0.25, 0.3) is 0 Å². The van der Waals surface area contributed by atoms with Crippen LogP contribution in [0.4, 0.5) is 0 Å². The van der Waals surface area contributed by atoms with Crippen LogP contribution in [0.3, 0.4) is 0 Å². The van der Waals surface area contributed by atoms with Crippen LogP contribution in [0, 0.1) is 12.3 Å². The maximum atomic E-state index is 10.5. The summed E-state index contributed by atoms with van der Waals surface area (Å²) in [7, 11) is 0. The average Bonchev–Trinajstić information content (AvgIpc) is 3.06. The van der Waals surface area contributed by atoms with Gasteiger partial charge in [0, 0.05) is 12.6 Å². The Morgan fingerprint density at radius 1 is 1.36 bits per heavy atom. The number of hydrogen-bond donors (Lipinski definition) is 2. The molecule has 0 radical (unpaired) electrons. The van der Waals surface area contributed by atoms with Gasteiger partial charge in [0.05, 0.1) is 0 Å². The van der Waals surface area contributed by atoms with Crippen molar-refractivity contribution in [3.05, 3.63) is 52.2 Å². The number of ether oxygens (including phenoxy) is 1. The summed E-state index contributed by atoms with van der Waals surface area (Å²) in [4.78, 5) is 0. The molecule has 0 aliphatic carbocycles. The van der Waals surface area contributed by atoms with Crippen LogP contribution in [0.15, 0.2) is 41.1 Å². The fourth-order valence-corrected chi connectivity index (χ4v) is 2.90. The van der Waals surface area contributed by atoms with Crippen LogP contribution in [0.2, 0.25) is 0 Å². The summed E-state index contributed by atoms with van der Waals surface area (Å²) in [6.45, 7) is 4.66. The van der Waals surface area contributed by atoms with Gasteiger partial charge < -0.3 is 15.2 Å². The van der Waals surface area contributed by atoms with Crippen LogP contribution < -0.4 is 10.1 Å². The lowest BCUT2D eigenvalue weighted by Gasteiger charge is -2.25. The molecule has 0 fully saturated rings. The Morgan fingerprint density at radius 3 is 2.68 bits per heavy atom. The van der Waals surface area contributed by atoms with E-state index in [1.807, 2.05) is 48.0 Å². The van der Waals surface area contributed by atoms with E-state index in [1.165, 1.54) is 0 Å². The predicted molar refractivity (Wildman–Crippen MR) is 91.1 cm³/mol. The van der Waals surface area contributed by atoms with Crippen molar-refractivity contribution in [3.8, 4) is 18.1 Å². The summed E-state index contributed by atoms with van der Waals surface area (Å²) in [5.74, 6) is 3.21. The van der Waals surface area contributed by atoms with Gasteiger partial charge in [-0.2, -0.15) is 11.3 Å².